The number of aliphatic imine (C=N–C) groups is 1. The molecule has 2 aliphatic carbocycles. The Morgan fingerprint density at radius 2 is 1.25 bits per heavy atom. The van der Waals surface area contributed by atoms with E-state index < -0.39 is 11.6 Å². The van der Waals surface area contributed by atoms with Crippen molar-refractivity contribution in [2.75, 3.05) is 0 Å². The first kappa shape index (κ1) is 33.0. The number of pyridine rings is 1. The molecule has 3 aliphatic rings. The second kappa shape index (κ2) is 13.7. The molecule has 6 aromatic carbocycles. The second-order valence-electron chi connectivity index (χ2n) is 14.5. The minimum absolute atomic E-state index is 0.501. The summed E-state index contributed by atoms with van der Waals surface area (Å²) in [5.74, 6) is 1.72. The number of fused-ring (bicyclic) bond motifs is 9. The van der Waals surface area contributed by atoms with Gasteiger partial charge in [-0.1, -0.05) is 146 Å². The van der Waals surface area contributed by atoms with E-state index in [1.165, 1.54) is 22.3 Å². The Morgan fingerprint density at radius 3 is 1.98 bits per heavy atom. The molecule has 0 fully saturated rings. The first-order valence-corrected chi connectivity index (χ1v) is 19.1. The van der Waals surface area contributed by atoms with Crippen molar-refractivity contribution >= 4 is 16.9 Å². The van der Waals surface area contributed by atoms with E-state index in [1.807, 2.05) is 24.4 Å². The molecule has 1 aliphatic heterocycles. The Labute approximate surface area is 322 Å². The fraction of sp³-hybridized carbons (Fsp3) is 0.0980. The van der Waals surface area contributed by atoms with Gasteiger partial charge in [0.05, 0.1) is 11.1 Å². The molecule has 264 valence electrons. The van der Waals surface area contributed by atoms with E-state index in [9.17, 15) is 0 Å². The molecule has 0 amide bonds. The summed E-state index contributed by atoms with van der Waals surface area (Å²) in [6.07, 6.45) is 8.90. The van der Waals surface area contributed by atoms with Gasteiger partial charge in [-0.3, -0.25) is 9.98 Å². The van der Waals surface area contributed by atoms with Crippen LogP contribution in [0.5, 0.6) is 11.5 Å². The van der Waals surface area contributed by atoms with E-state index in [-0.39, 0.29) is 0 Å². The standard InChI is InChI=1S/C51H39N3O/c52-50(54-46-22-10-7-18-38(34-14-3-1-4-15-34)32-42(46)36-16-5-2-6-17-36)37-27-25-35(26-28-37)39-29-30-40-41-19-13-31-53-49(41)51(45(40)33-39)43-20-8-11-23-47(43)55-48-24-12-9-21-44(48)51/h1-6,8-9,11-21,23-33,50H,7,10,22,52H2/b38-18-,42-32?,54-46?. The summed E-state index contributed by atoms with van der Waals surface area (Å²) >= 11 is 0. The van der Waals surface area contributed by atoms with Gasteiger partial charge in [0, 0.05) is 34.2 Å². The minimum Gasteiger partial charge on any atom is -0.457 e. The number of hydrogen-bond acceptors (Lipinski definition) is 4. The molecule has 2 N–H and O–H groups in total. The third-order valence-electron chi connectivity index (χ3n) is 11.3. The van der Waals surface area contributed by atoms with Crippen LogP contribution in [0.15, 0.2) is 187 Å². The summed E-state index contributed by atoms with van der Waals surface area (Å²) in [4.78, 5) is 10.3. The Morgan fingerprint density at radius 1 is 0.600 bits per heavy atom. The summed E-state index contributed by atoms with van der Waals surface area (Å²) in [6, 6.07) is 57.7. The first-order valence-electron chi connectivity index (χ1n) is 19.1. The molecule has 0 saturated heterocycles. The fourth-order valence-corrected chi connectivity index (χ4v) is 8.77. The Balaban J connectivity index is 1.03. The first-order chi connectivity index (χ1) is 27.2. The van der Waals surface area contributed by atoms with Crippen molar-refractivity contribution < 1.29 is 4.74 Å². The minimum atomic E-state index is -0.608. The van der Waals surface area contributed by atoms with Gasteiger partial charge in [-0.25, -0.2) is 0 Å². The number of para-hydroxylation sites is 2. The molecule has 0 bridgehead atoms. The lowest BCUT2D eigenvalue weighted by molar-refractivity contribution is 0.434. The van der Waals surface area contributed by atoms with Crippen molar-refractivity contribution in [3.05, 3.63) is 221 Å². The molecule has 1 unspecified atom stereocenters. The van der Waals surface area contributed by atoms with Crippen molar-refractivity contribution in [1.29, 1.82) is 0 Å². The number of nitrogens with zero attached hydrogens (tertiary/aromatic N) is 2. The fourth-order valence-electron chi connectivity index (χ4n) is 8.77. The Bertz CT molecular complexity index is 2610. The molecule has 1 spiro atoms. The normalized spacial score (nSPS) is 17.3. The lowest BCUT2D eigenvalue weighted by Crippen LogP contribution is -2.33. The highest BCUT2D eigenvalue weighted by atomic mass is 16.5. The van der Waals surface area contributed by atoms with E-state index in [4.69, 9.17) is 20.4 Å². The number of allylic oxidation sites excluding steroid dienone is 4. The average Bonchev–Trinajstić information content (AvgIpc) is 3.52. The summed E-state index contributed by atoms with van der Waals surface area (Å²) in [5.41, 5.74) is 22.1. The van der Waals surface area contributed by atoms with Crippen molar-refractivity contribution in [2.45, 2.75) is 30.8 Å². The average molecular weight is 710 g/mol. The lowest BCUT2D eigenvalue weighted by atomic mass is 9.67. The smallest absolute Gasteiger partial charge is 0.132 e. The SMILES string of the molecule is NC(N=C1CCC/C=C(\c2ccccc2)C=C1c1ccccc1)c1ccc(-c2ccc3c(c2)C2(c4ccccc4Oc4ccccc42)c2ncccc2-3)cc1. The van der Waals surface area contributed by atoms with Gasteiger partial charge in [0.1, 0.15) is 17.7 Å². The summed E-state index contributed by atoms with van der Waals surface area (Å²) in [7, 11) is 0. The van der Waals surface area contributed by atoms with Crippen LogP contribution in [-0.2, 0) is 5.41 Å². The van der Waals surface area contributed by atoms with Crippen LogP contribution in [-0.4, -0.2) is 10.7 Å². The highest BCUT2D eigenvalue weighted by Gasteiger charge is 2.52. The van der Waals surface area contributed by atoms with Crippen LogP contribution >= 0.6 is 0 Å². The number of ether oxygens (including phenoxy) is 1. The number of aromatic nitrogens is 1. The van der Waals surface area contributed by atoms with Crippen LogP contribution in [0.25, 0.3) is 33.4 Å². The summed E-state index contributed by atoms with van der Waals surface area (Å²) in [6.45, 7) is 0. The van der Waals surface area contributed by atoms with Crippen LogP contribution in [0.4, 0.5) is 0 Å². The topological polar surface area (TPSA) is 60.5 Å². The number of nitrogens with two attached hydrogens (primary N) is 1. The molecular formula is C51H39N3O. The summed E-state index contributed by atoms with van der Waals surface area (Å²) < 4.78 is 6.51. The Hall–Kier alpha value is -6.62. The third-order valence-corrected chi connectivity index (χ3v) is 11.3. The van der Waals surface area contributed by atoms with Crippen LogP contribution < -0.4 is 10.5 Å². The lowest BCUT2D eigenvalue weighted by Gasteiger charge is -2.38. The molecule has 1 aromatic heterocycles. The quantitative estimate of drug-likeness (QED) is 0.193. The summed E-state index contributed by atoms with van der Waals surface area (Å²) in [5, 5.41) is 0. The van der Waals surface area contributed by atoms with Gasteiger partial charge < -0.3 is 10.5 Å². The molecule has 10 rings (SSSR count). The zero-order valence-electron chi connectivity index (χ0n) is 30.4. The number of hydrogen-bond donors (Lipinski definition) is 1. The zero-order valence-corrected chi connectivity index (χ0v) is 30.4. The van der Waals surface area contributed by atoms with Crippen molar-refractivity contribution in [3.63, 3.8) is 0 Å². The van der Waals surface area contributed by atoms with Gasteiger partial charge in [-0.2, -0.15) is 0 Å². The maximum atomic E-state index is 6.95. The maximum Gasteiger partial charge on any atom is 0.132 e. The van der Waals surface area contributed by atoms with Crippen LogP contribution in [0.3, 0.4) is 0 Å². The molecule has 4 heteroatoms. The van der Waals surface area contributed by atoms with E-state index in [0.29, 0.717) is 0 Å². The van der Waals surface area contributed by atoms with Crippen LogP contribution in [0.2, 0.25) is 0 Å². The molecule has 2 heterocycles. The highest BCUT2D eigenvalue weighted by Crippen LogP contribution is 2.61. The van der Waals surface area contributed by atoms with E-state index in [2.05, 4.69) is 158 Å². The van der Waals surface area contributed by atoms with Gasteiger partial charge in [0.25, 0.3) is 0 Å². The third kappa shape index (κ3) is 5.57. The van der Waals surface area contributed by atoms with Gasteiger partial charge in [0.2, 0.25) is 0 Å². The van der Waals surface area contributed by atoms with Gasteiger partial charge in [-0.05, 0) is 94.1 Å². The van der Waals surface area contributed by atoms with Gasteiger partial charge >= 0.3 is 0 Å². The molecule has 4 nitrogen and oxygen atoms in total. The van der Waals surface area contributed by atoms with Gasteiger partial charge in [-0.15, -0.1) is 0 Å². The highest BCUT2D eigenvalue weighted by molar-refractivity contribution is 6.25. The molecule has 1 atom stereocenters. The second-order valence-corrected chi connectivity index (χ2v) is 14.5. The predicted molar refractivity (Wildman–Crippen MR) is 224 cm³/mol. The van der Waals surface area contributed by atoms with E-state index in [0.717, 1.165) is 86.7 Å². The number of rotatable bonds is 5. The van der Waals surface area contributed by atoms with E-state index >= 15 is 0 Å². The predicted octanol–water partition coefficient (Wildman–Crippen LogP) is 12.0. The molecule has 55 heavy (non-hydrogen) atoms. The number of benzene rings is 6. The van der Waals surface area contributed by atoms with Crippen LogP contribution in [0, 0.1) is 0 Å². The van der Waals surface area contributed by atoms with Gasteiger partial charge in [0.15, 0.2) is 0 Å². The monoisotopic (exact) mass is 709 g/mol. The van der Waals surface area contributed by atoms with E-state index in [1.54, 1.807) is 0 Å². The maximum absolute atomic E-state index is 6.95. The largest absolute Gasteiger partial charge is 0.457 e. The van der Waals surface area contributed by atoms with Crippen molar-refractivity contribution in [2.24, 2.45) is 10.7 Å². The van der Waals surface area contributed by atoms with Crippen LogP contribution in [0.1, 0.15) is 64.5 Å². The Kier molecular flexibility index (Phi) is 8.19. The van der Waals surface area contributed by atoms with Crippen molar-refractivity contribution in [1.82, 2.24) is 4.98 Å². The molecule has 7 aromatic rings. The molecule has 0 saturated carbocycles. The molecular weight excluding hydrogens is 671 g/mol. The zero-order chi connectivity index (χ0) is 36.8. The van der Waals surface area contributed by atoms with Crippen molar-refractivity contribution in [3.8, 4) is 33.8 Å². The molecule has 0 radical (unpaired) electrons.